The van der Waals surface area contributed by atoms with Crippen LogP contribution >= 0.6 is 0 Å². The fourth-order valence-corrected chi connectivity index (χ4v) is 0.676. The van der Waals surface area contributed by atoms with Gasteiger partial charge in [-0.1, -0.05) is 13.3 Å². The van der Waals surface area contributed by atoms with Gasteiger partial charge in [-0.15, -0.1) is 5.16 Å². The number of hydrogen-bond acceptors (Lipinski definition) is 2. The van der Waals surface area contributed by atoms with Crippen LogP contribution in [0.1, 0.15) is 19.8 Å². The molecule has 0 spiro atoms. The zero-order chi connectivity index (χ0) is 7.11. The lowest BCUT2D eigenvalue weighted by molar-refractivity contribution is 0.353. The summed E-state index contributed by atoms with van der Waals surface area (Å²) in [5.41, 5.74) is 0. The highest BCUT2D eigenvalue weighted by molar-refractivity contribution is 6.48. The normalized spacial score (nSPS) is 11.1. The number of oxime groups is 1. The standard InChI is InChI=1S/C6H15NOSi/c1-4-5-6-7-8-9(2)3/h6,9H,4-5H2,1-3H3. The molecule has 0 rings (SSSR count). The van der Waals surface area contributed by atoms with Gasteiger partial charge in [-0.05, 0) is 19.5 Å². The van der Waals surface area contributed by atoms with E-state index in [1.807, 2.05) is 6.21 Å². The Bertz CT molecular complexity index is 83.1. The van der Waals surface area contributed by atoms with Gasteiger partial charge in [0.15, 0.2) is 0 Å². The summed E-state index contributed by atoms with van der Waals surface area (Å²) in [5, 5.41) is 3.80. The molecule has 0 fully saturated rings. The molecule has 9 heavy (non-hydrogen) atoms. The van der Waals surface area contributed by atoms with Crippen LogP contribution in [0.3, 0.4) is 0 Å². The molecule has 0 N–H and O–H groups in total. The van der Waals surface area contributed by atoms with Gasteiger partial charge in [0.2, 0.25) is 0 Å². The summed E-state index contributed by atoms with van der Waals surface area (Å²) in [7, 11) is -0.911. The van der Waals surface area contributed by atoms with E-state index in [0.29, 0.717) is 0 Å². The molecule has 0 atom stereocenters. The zero-order valence-corrected chi connectivity index (χ0v) is 7.58. The molecule has 0 heterocycles. The lowest BCUT2D eigenvalue weighted by Gasteiger charge is -1.97. The molecule has 0 bridgehead atoms. The summed E-state index contributed by atoms with van der Waals surface area (Å²) < 4.78 is 5.05. The van der Waals surface area contributed by atoms with E-state index in [4.69, 9.17) is 4.53 Å². The van der Waals surface area contributed by atoms with Gasteiger partial charge in [-0.25, -0.2) is 0 Å². The molecule has 3 heteroatoms. The maximum atomic E-state index is 5.05. The fraction of sp³-hybridized carbons (Fsp3) is 0.833. The van der Waals surface area contributed by atoms with Crippen molar-refractivity contribution in [2.75, 3.05) is 0 Å². The average Bonchev–Trinajstić information content (AvgIpc) is 1.80. The monoisotopic (exact) mass is 145 g/mol. The van der Waals surface area contributed by atoms with Crippen molar-refractivity contribution in [1.29, 1.82) is 0 Å². The van der Waals surface area contributed by atoms with Crippen molar-refractivity contribution in [1.82, 2.24) is 0 Å². The van der Waals surface area contributed by atoms with Crippen molar-refractivity contribution < 1.29 is 4.53 Å². The molecular weight excluding hydrogens is 130 g/mol. The summed E-state index contributed by atoms with van der Waals surface area (Å²) >= 11 is 0. The molecule has 0 amide bonds. The van der Waals surface area contributed by atoms with Gasteiger partial charge < -0.3 is 4.53 Å². The molecule has 0 aromatic carbocycles. The van der Waals surface area contributed by atoms with Gasteiger partial charge in [-0.3, -0.25) is 0 Å². The minimum Gasteiger partial charge on any atom is -0.460 e. The first-order valence-electron chi connectivity index (χ1n) is 3.45. The van der Waals surface area contributed by atoms with Crippen LogP contribution < -0.4 is 0 Å². The third-order valence-corrected chi connectivity index (χ3v) is 1.31. The van der Waals surface area contributed by atoms with Gasteiger partial charge in [0, 0.05) is 6.21 Å². The number of hydrogen-bond donors (Lipinski definition) is 0. The van der Waals surface area contributed by atoms with E-state index in [2.05, 4.69) is 25.2 Å². The molecular formula is C6H15NOSi. The van der Waals surface area contributed by atoms with E-state index < -0.39 is 9.04 Å². The van der Waals surface area contributed by atoms with E-state index in [1.54, 1.807) is 0 Å². The molecule has 0 unspecified atom stereocenters. The Kier molecular flexibility index (Phi) is 5.61. The number of unbranched alkanes of at least 4 members (excludes halogenated alkanes) is 1. The molecule has 0 aliphatic carbocycles. The van der Waals surface area contributed by atoms with Gasteiger partial charge in [-0.2, -0.15) is 0 Å². The summed E-state index contributed by atoms with van der Waals surface area (Å²) in [6, 6.07) is 0. The maximum Gasteiger partial charge on any atom is 0.266 e. The lowest BCUT2D eigenvalue weighted by atomic mass is 10.4. The minimum atomic E-state index is -0.911. The van der Waals surface area contributed by atoms with E-state index in [-0.39, 0.29) is 0 Å². The first-order chi connectivity index (χ1) is 4.27. The van der Waals surface area contributed by atoms with Gasteiger partial charge in [0.1, 0.15) is 0 Å². The molecule has 0 aliphatic heterocycles. The third-order valence-electron chi connectivity index (χ3n) is 0.764. The van der Waals surface area contributed by atoms with Gasteiger partial charge >= 0.3 is 0 Å². The van der Waals surface area contributed by atoms with E-state index in [9.17, 15) is 0 Å². The van der Waals surface area contributed by atoms with E-state index in [1.165, 1.54) is 0 Å². The van der Waals surface area contributed by atoms with Crippen molar-refractivity contribution in [2.45, 2.75) is 32.9 Å². The highest BCUT2D eigenvalue weighted by atomic mass is 28.3. The van der Waals surface area contributed by atoms with E-state index in [0.717, 1.165) is 12.8 Å². The molecule has 0 saturated heterocycles. The smallest absolute Gasteiger partial charge is 0.266 e. The second-order valence-corrected chi connectivity index (χ2v) is 4.54. The molecule has 54 valence electrons. The first kappa shape index (κ1) is 8.69. The van der Waals surface area contributed by atoms with Crippen LogP contribution in [0.4, 0.5) is 0 Å². The zero-order valence-electron chi connectivity index (χ0n) is 6.42. The maximum absolute atomic E-state index is 5.05. The van der Waals surface area contributed by atoms with Crippen molar-refractivity contribution in [3.8, 4) is 0 Å². The van der Waals surface area contributed by atoms with Crippen molar-refractivity contribution in [2.24, 2.45) is 5.16 Å². The topological polar surface area (TPSA) is 21.6 Å². The van der Waals surface area contributed by atoms with Crippen molar-refractivity contribution >= 4 is 15.3 Å². The summed E-state index contributed by atoms with van der Waals surface area (Å²) in [5.74, 6) is 0. The Hall–Kier alpha value is -0.313. The van der Waals surface area contributed by atoms with Crippen LogP contribution in [0.15, 0.2) is 5.16 Å². The van der Waals surface area contributed by atoms with E-state index >= 15 is 0 Å². The molecule has 0 aromatic heterocycles. The summed E-state index contributed by atoms with van der Waals surface area (Å²) in [4.78, 5) is 0. The van der Waals surface area contributed by atoms with Crippen LogP contribution in [0.25, 0.3) is 0 Å². The van der Waals surface area contributed by atoms with Crippen LogP contribution in [0.2, 0.25) is 13.1 Å². The molecule has 0 radical (unpaired) electrons. The first-order valence-corrected chi connectivity index (χ1v) is 6.23. The number of nitrogens with zero attached hydrogens (tertiary/aromatic N) is 1. The molecule has 0 saturated carbocycles. The second kappa shape index (κ2) is 5.82. The Morgan fingerprint density at radius 1 is 1.56 bits per heavy atom. The Morgan fingerprint density at radius 3 is 2.67 bits per heavy atom. The molecule has 0 aliphatic rings. The van der Waals surface area contributed by atoms with Crippen LogP contribution in [0, 0.1) is 0 Å². The predicted molar refractivity (Wildman–Crippen MR) is 43.4 cm³/mol. The number of rotatable bonds is 4. The fourth-order valence-electron chi connectivity index (χ4n) is 0.347. The third kappa shape index (κ3) is 7.69. The van der Waals surface area contributed by atoms with Crippen molar-refractivity contribution in [3.63, 3.8) is 0 Å². The quantitative estimate of drug-likeness (QED) is 0.335. The molecule has 0 aromatic rings. The Morgan fingerprint density at radius 2 is 2.22 bits per heavy atom. The largest absolute Gasteiger partial charge is 0.460 e. The Balaban J connectivity index is 3.04. The van der Waals surface area contributed by atoms with Crippen LogP contribution in [0.5, 0.6) is 0 Å². The summed E-state index contributed by atoms with van der Waals surface area (Å²) in [6.07, 6.45) is 4.01. The van der Waals surface area contributed by atoms with Crippen LogP contribution in [-0.2, 0) is 4.53 Å². The minimum absolute atomic E-state index is 0.911. The van der Waals surface area contributed by atoms with Crippen LogP contribution in [-0.4, -0.2) is 15.3 Å². The summed E-state index contributed by atoms with van der Waals surface area (Å²) in [6.45, 7) is 6.32. The highest BCUT2D eigenvalue weighted by Crippen LogP contribution is 1.85. The molecule has 2 nitrogen and oxygen atoms in total. The second-order valence-electron chi connectivity index (χ2n) is 2.23. The Labute approximate surface area is 58.6 Å². The van der Waals surface area contributed by atoms with Crippen molar-refractivity contribution in [3.05, 3.63) is 0 Å². The highest BCUT2D eigenvalue weighted by Gasteiger charge is 1.90. The lowest BCUT2D eigenvalue weighted by Crippen LogP contribution is -2.01. The predicted octanol–water partition coefficient (Wildman–Crippen LogP) is 1.77. The average molecular weight is 145 g/mol. The van der Waals surface area contributed by atoms with Gasteiger partial charge in [0.05, 0.1) is 0 Å². The SMILES string of the molecule is CCCC=NO[SiH](C)C. The van der Waals surface area contributed by atoms with Gasteiger partial charge in [0.25, 0.3) is 9.04 Å².